The van der Waals surface area contributed by atoms with Crippen LogP contribution < -0.4 is 10.1 Å². The van der Waals surface area contributed by atoms with Crippen molar-refractivity contribution < 1.29 is 9.13 Å². The van der Waals surface area contributed by atoms with Gasteiger partial charge >= 0.3 is 0 Å². The number of benzene rings is 2. The fourth-order valence-electron chi connectivity index (χ4n) is 2.06. The Balaban J connectivity index is 2.04. The first-order valence-corrected chi connectivity index (χ1v) is 7.25. The van der Waals surface area contributed by atoms with Crippen LogP contribution in [0.25, 0.3) is 0 Å². The minimum absolute atomic E-state index is 0.266. The summed E-state index contributed by atoms with van der Waals surface area (Å²) in [4.78, 5) is 0. The van der Waals surface area contributed by atoms with Crippen molar-refractivity contribution >= 4 is 0 Å². The highest BCUT2D eigenvalue weighted by Crippen LogP contribution is 2.19. The molecule has 2 nitrogen and oxygen atoms in total. The van der Waals surface area contributed by atoms with Gasteiger partial charge in [0.05, 0.1) is 0 Å². The molecular formula is C18H22FNO. The Labute approximate surface area is 126 Å². The summed E-state index contributed by atoms with van der Waals surface area (Å²) in [6.07, 6.45) is 0. The average Bonchev–Trinajstić information content (AvgIpc) is 2.44. The van der Waals surface area contributed by atoms with Gasteiger partial charge in [0.2, 0.25) is 0 Å². The van der Waals surface area contributed by atoms with Gasteiger partial charge in [-0.15, -0.1) is 0 Å². The fourth-order valence-corrected chi connectivity index (χ4v) is 2.06. The van der Waals surface area contributed by atoms with Gasteiger partial charge in [0.25, 0.3) is 0 Å². The fraction of sp³-hybridized carbons (Fsp3) is 0.333. The van der Waals surface area contributed by atoms with Crippen LogP contribution in [0.5, 0.6) is 5.75 Å². The van der Waals surface area contributed by atoms with Gasteiger partial charge in [-0.2, -0.15) is 0 Å². The Morgan fingerprint density at radius 2 is 1.90 bits per heavy atom. The van der Waals surface area contributed by atoms with E-state index in [2.05, 4.69) is 19.2 Å². The number of hydrogen-bond donors (Lipinski definition) is 1. The van der Waals surface area contributed by atoms with Crippen LogP contribution in [0.1, 0.15) is 30.5 Å². The molecule has 1 N–H and O–H groups in total. The minimum Gasteiger partial charge on any atom is -0.489 e. The van der Waals surface area contributed by atoms with Crippen molar-refractivity contribution in [2.75, 3.05) is 0 Å². The van der Waals surface area contributed by atoms with E-state index in [1.807, 2.05) is 37.3 Å². The lowest BCUT2D eigenvalue weighted by atomic mass is 10.1. The first kappa shape index (κ1) is 15.5. The molecule has 0 fully saturated rings. The largest absolute Gasteiger partial charge is 0.489 e. The molecule has 2 aromatic rings. The van der Waals surface area contributed by atoms with Gasteiger partial charge < -0.3 is 10.1 Å². The second kappa shape index (κ2) is 7.23. The molecule has 0 aliphatic heterocycles. The topological polar surface area (TPSA) is 21.3 Å². The molecule has 0 aromatic heterocycles. The molecule has 0 spiro atoms. The molecule has 21 heavy (non-hydrogen) atoms. The quantitative estimate of drug-likeness (QED) is 0.859. The molecular weight excluding hydrogens is 265 g/mol. The maximum Gasteiger partial charge on any atom is 0.127 e. The smallest absolute Gasteiger partial charge is 0.127 e. The van der Waals surface area contributed by atoms with E-state index in [-0.39, 0.29) is 5.82 Å². The number of rotatable bonds is 6. The Bertz CT molecular complexity index is 596. The average molecular weight is 287 g/mol. The summed E-state index contributed by atoms with van der Waals surface area (Å²) < 4.78 is 19.4. The standard InChI is InChI=1S/C18H22FNO/c1-13(2)20-11-15-8-17(19)10-18(9-15)21-12-16-7-5-4-6-14(16)3/h4-10,13,20H,11-12H2,1-3H3. The third-order valence-corrected chi connectivity index (χ3v) is 3.30. The van der Waals surface area contributed by atoms with Crippen LogP contribution >= 0.6 is 0 Å². The van der Waals surface area contributed by atoms with Gasteiger partial charge in [-0.05, 0) is 35.7 Å². The summed E-state index contributed by atoms with van der Waals surface area (Å²) in [6.45, 7) is 7.26. The molecule has 2 rings (SSSR count). The highest BCUT2D eigenvalue weighted by molar-refractivity contribution is 5.31. The van der Waals surface area contributed by atoms with E-state index >= 15 is 0 Å². The first-order chi connectivity index (χ1) is 10.0. The van der Waals surface area contributed by atoms with Crippen molar-refractivity contribution in [3.8, 4) is 5.75 Å². The monoisotopic (exact) mass is 287 g/mol. The molecule has 0 atom stereocenters. The maximum atomic E-state index is 13.6. The Kier molecular flexibility index (Phi) is 5.34. The Hall–Kier alpha value is -1.87. The lowest BCUT2D eigenvalue weighted by molar-refractivity contribution is 0.303. The zero-order chi connectivity index (χ0) is 15.2. The number of hydrogen-bond acceptors (Lipinski definition) is 2. The van der Waals surface area contributed by atoms with Gasteiger partial charge in [-0.3, -0.25) is 0 Å². The van der Waals surface area contributed by atoms with Crippen molar-refractivity contribution in [1.82, 2.24) is 5.32 Å². The van der Waals surface area contributed by atoms with Crippen molar-refractivity contribution in [1.29, 1.82) is 0 Å². The van der Waals surface area contributed by atoms with Crippen molar-refractivity contribution in [2.45, 2.75) is 40.0 Å². The second-order valence-corrected chi connectivity index (χ2v) is 5.55. The van der Waals surface area contributed by atoms with E-state index in [1.165, 1.54) is 17.7 Å². The second-order valence-electron chi connectivity index (χ2n) is 5.55. The molecule has 2 aromatic carbocycles. The molecule has 0 amide bonds. The van der Waals surface area contributed by atoms with Gasteiger partial charge in [0, 0.05) is 18.7 Å². The molecule has 0 aliphatic carbocycles. The lowest BCUT2D eigenvalue weighted by Gasteiger charge is -2.12. The number of aryl methyl sites for hydroxylation is 1. The predicted molar refractivity (Wildman–Crippen MR) is 83.9 cm³/mol. The van der Waals surface area contributed by atoms with E-state index in [9.17, 15) is 4.39 Å². The normalized spacial score (nSPS) is 10.9. The molecule has 0 radical (unpaired) electrons. The molecule has 0 unspecified atom stereocenters. The maximum absolute atomic E-state index is 13.6. The van der Waals surface area contributed by atoms with E-state index < -0.39 is 0 Å². The number of nitrogens with one attached hydrogen (secondary N) is 1. The third-order valence-electron chi connectivity index (χ3n) is 3.30. The number of ether oxygens (including phenoxy) is 1. The minimum atomic E-state index is -0.266. The van der Waals surface area contributed by atoms with Crippen LogP contribution in [-0.4, -0.2) is 6.04 Å². The molecule has 3 heteroatoms. The van der Waals surface area contributed by atoms with Crippen LogP contribution in [0.2, 0.25) is 0 Å². The van der Waals surface area contributed by atoms with E-state index in [0.717, 1.165) is 11.1 Å². The predicted octanol–water partition coefficient (Wildman–Crippen LogP) is 4.21. The van der Waals surface area contributed by atoms with Crippen LogP contribution in [0.15, 0.2) is 42.5 Å². The highest BCUT2D eigenvalue weighted by atomic mass is 19.1. The van der Waals surface area contributed by atoms with Crippen molar-refractivity contribution in [2.24, 2.45) is 0 Å². The third kappa shape index (κ3) is 4.87. The zero-order valence-electron chi connectivity index (χ0n) is 12.8. The molecule has 0 saturated carbocycles. The van der Waals surface area contributed by atoms with Gasteiger partial charge in [-0.25, -0.2) is 4.39 Å². The van der Waals surface area contributed by atoms with Gasteiger partial charge in [0.15, 0.2) is 0 Å². The van der Waals surface area contributed by atoms with E-state index in [4.69, 9.17) is 4.74 Å². The summed E-state index contributed by atoms with van der Waals surface area (Å²) >= 11 is 0. The Morgan fingerprint density at radius 3 is 2.62 bits per heavy atom. The number of halogens is 1. The summed E-state index contributed by atoms with van der Waals surface area (Å²) in [6, 6.07) is 13.3. The van der Waals surface area contributed by atoms with Crippen LogP contribution in [0, 0.1) is 12.7 Å². The van der Waals surface area contributed by atoms with Crippen molar-refractivity contribution in [3.05, 3.63) is 65.0 Å². The van der Waals surface area contributed by atoms with E-state index in [0.29, 0.717) is 24.9 Å². The molecule has 0 aliphatic rings. The molecule has 0 heterocycles. The molecule has 112 valence electrons. The van der Waals surface area contributed by atoms with Gasteiger partial charge in [0.1, 0.15) is 18.2 Å². The van der Waals surface area contributed by atoms with Crippen LogP contribution in [0.3, 0.4) is 0 Å². The Morgan fingerprint density at radius 1 is 1.14 bits per heavy atom. The summed E-state index contributed by atoms with van der Waals surface area (Å²) in [7, 11) is 0. The van der Waals surface area contributed by atoms with Crippen LogP contribution in [-0.2, 0) is 13.2 Å². The zero-order valence-corrected chi connectivity index (χ0v) is 12.8. The SMILES string of the molecule is Cc1ccccc1COc1cc(F)cc(CNC(C)C)c1. The highest BCUT2D eigenvalue weighted by Gasteiger charge is 2.04. The summed E-state index contributed by atoms with van der Waals surface area (Å²) in [5.74, 6) is 0.302. The summed E-state index contributed by atoms with van der Waals surface area (Å²) in [5, 5.41) is 3.28. The van der Waals surface area contributed by atoms with E-state index in [1.54, 1.807) is 0 Å². The summed E-state index contributed by atoms with van der Waals surface area (Å²) in [5.41, 5.74) is 3.18. The van der Waals surface area contributed by atoms with Crippen molar-refractivity contribution in [3.63, 3.8) is 0 Å². The van der Waals surface area contributed by atoms with Crippen LogP contribution in [0.4, 0.5) is 4.39 Å². The first-order valence-electron chi connectivity index (χ1n) is 7.25. The molecule has 0 bridgehead atoms. The molecule has 0 saturated heterocycles. The lowest BCUT2D eigenvalue weighted by Crippen LogP contribution is -2.21. The van der Waals surface area contributed by atoms with Gasteiger partial charge in [-0.1, -0.05) is 38.1 Å².